The second kappa shape index (κ2) is 5.17. The van der Waals surface area contributed by atoms with E-state index in [1.54, 1.807) is 24.4 Å². The number of hydrogen-bond donors (Lipinski definition) is 1. The van der Waals surface area contributed by atoms with Gasteiger partial charge in [0.25, 0.3) is 0 Å². The van der Waals surface area contributed by atoms with Crippen molar-refractivity contribution in [1.82, 2.24) is 5.32 Å². The monoisotopic (exact) mass is 325 g/mol. The number of rotatable bonds is 2. The molecular formula is C14H13BrFNO2. The van der Waals surface area contributed by atoms with Crippen molar-refractivity contribution in [1.29, 1.82) is 0 Å². The molecule has 0 aromatic heterocycles. The van der Waals surface area contributed by atoms with Gasteiger partial charge >= 0.3 is 5.97 Å². The highest BCUT2D eigenvalue weighted by molar-refractivity contribution is 9.10. The quantitative estimate of drug-likeness (QED) is 0.668. The molecule has 3 nitrogen and oxygen atoms in total. The molecule has 0 saturated heterocycles. The standard InChI is InChI=1S/C14H13BrFNO2/c1-9-3-4-14(16,17-8-9)11-5-10(13(18)19-2)6-12(15)7-11/h3-8,17H,1-2H3. The molecule has 1 atom stereocenters. The average molecular weight is 326 g/mol. The van der Waals surface area contributed by atoms with Crippen molar-refractivity contribution >= 4 is 21.9 Å². The molecular weight excluding hydrogens is 313 g/mol. The van der Waals surface area contributed by atoms with Gasteiger partial charge in [-0.3, -0.25) is 0 Å². The Morgan fingerprint density at radius 1 is 1.42 bits per heavy atom. The number of alkyl halides is 1. The predicted octanol–water partition coefficient (Wildman–Crippen LogP) is 3.42. The Bertz CT molecular complexity index is 583. The van der Waals surface area contributed by atoms with Gasteiger partial charge in [0.1, 0.15) is 0 Å². The van der Waals surface area contributed by atoms with Crippen LogP contribution < -0.4 is 5.32 Å². The summed E-state index contributed by atoms with van der Waals surface area (Å²) >= 11 is 3.27. The van der Waals surface area contributed by atoms with Crippen LogP contribution in [0, 0.1) is 0 Å². The van der Waals surface area contributed by atoms with Gasteiger partial charge in [0, 0.05) is 16.2 Å². The summed E-state index contributed by atoms with van der Waals surface area (Å²) in [6.45, 7) is 1.86. The van der Waals surface area contributed by atoms with Crippen molar-refractivity contribution in [3.63, 3.8) is 0 Å². The molecule has 1 unspecified atom stereocenters. The van der Waals surface area contributed by atoms with Gasteiger partial charge < -0.3 is 10.1 Å². The summed E-state index contributed by atoms with van der Waals surface area (Å²) in [5.41, 5.74) is 1.56. The molecule has 0 bridgehead atoms. The maximum Gasteiger partial charge on any atom is 0.337 e. The van der Waals surface area contributed by atoms with Gasteiger partial charge in [0.05, 0.1) is 12.7 Å². The average Bonchev–Trinajstić information content (AvgIpc) is 2.40. The lowest BCUT2D eigenvalue weighted by molar-refractivity contribution is 0.0600. The third-order valence-corrected chi connectivity index (χ3v) is 3.28. The highest BCUT2D eigenvalue weighted by Crippen LogP contribution is 2.31. The zero-order chi connectivity index (χ0) is 14.0. The molecule has 1 aromatic carbocycles. The molecule has 0 amide bonds. The topological polar surface area (TPSA) is 38.3 Å². The molecule has 0 aliphatic carbocycles. The van der Waals surface area contributed by atoms with Gasteiger partial charge in [-0.25, -0.2) is 9.18 Å². The van der Waals surface area contributed by atoms with E-state index in [4.69, 9.17) is 0 Å². The molecule has 0 radical (unpaired) electrons. The van der Waals surface area contributed by atoms with Crippen LogP contribution in [-0.2, 0) is 10.5 Å². The van der Waals surface area contributed by atoms with E-state index in [0.717, 1.165) is 5.57 Å². The van der Waals surface area contributed by atoms with Gasteiger partial charge in [-0.15, -0.1) is 0 Å². The molecule has 1 N–H and O–H groups in total. The van der Waals surface area contributed by atoms with Gasteiger partial charge in [0.15, 0.2) is 0 Å². The number of hydrogen-bond acceptors (Lipinski definition) is 3. The van der Waals surface area contributed by atoms with Crippen LogP contribution in [0.15, 0.2) is 46.6 Å². The van der Waals surface area contributed by atoms with E-state index in [-0.39, 0.29) is 0 Å². The van der Waals surface area contributed by atoms with E-state index < -0.39 is 11.8 Å². The first kappa shape index (κ1) is 13.8. The molecule has 5 heteroatoms. The summed E-state index contributed by atoms with van der Waals surface area (Å²) in [6.07, 6.45) is 4.71. The Hall–Kier alpha value is -1.62. The van der Waals surface area contributed by atoms with Crippen molar-refractivity contribution in [3.8, 4) is 0 Å². The Morgan fingerprint density at radius 3 is 2.74 bits per heavy atom. The SMILES string of the molecule is COC(=O)c1cc(Br)cc(C2(F)C=CC(C)=CN2)c1. The summed E-state index contributed by atoms with van der Waals surface area (Å²) < 4.78 is 20.1. The maximum absolute atomic E-state index is 14.8. The van der Waals surface area contributed by atoms with Crippen LogP contribution in [0.1, 0.15) is 22.8 Å². The van der Waals surface area contributed by atoms with Crippen molar-refractivity contribution in [2.75, 3.05) is 7.11 Å². The molecule has 0 saturated carbocycles. The van der Waals surface area contributed by atoms with Crippen LogP contribution in [0.3, 0.4) is 0 Å². The molecule has 19 heavy (non-hydrogen) atoms. The van der Waals surface area contributed by atoms with Gasteiger partial charge in [-0.1, -0.05) is 22.0 Å². The minimum atomic E-state index is -1.83. The highest BCUT2D eigenvalue weighted by Gasteiger charge is 2.30. The van der Waals surface area contributed by atoms with Crippen LogP contribution >= 0.6 is 15.9 Å². The van der Waals surface area contributed by atoms with Crippen LogP contribution in [0.5, 0.6) is 0 Å². The first-order valence-corrected chi connectivity index (χ1v) is 6.46. The Morgan fingerprint density at radius 2 is 2.16 bits per heavy atom. The summed E-state index contributed by atoms with van der Waals surface area (Å²) in [4.78, 5) is 11.5. The van der Waals surface area contributed by atoms with Crippen LogP contribution in [-0.4, -0.2) is 13.1 Å². The maximum atomic E-state index is 14.8. The summed E-state index contributed by atoms with van der Waals surface area (Å²) in [6, 6.07) is 4.69. The minimum absolute atomic E-state index is 0.297. The number of ether oxygens (including phenoxy) is 1. The lowest BCUT2D eigenvalue weighted by Crippen LogP contribution is -2.34. The van der Waals surface area contributed by atoms with Crippen molar-refractivity contribution in [2.45, 2.75) is 12.7 Å². The zero-order valence-corrected chi connectivity index (χ0v) is 12.1. The number of esters is 1. The third-order valence-electron chi connectivity index (χ3n) is 2.82. The fourth-order valence-corrected chi connectivity index (χ4v) is 2.27. The summed E-state index contributed by atoms with van der Waals surface area (Å²) in [5.74, 6) is -2.33. The lowest BCUT2D eigenvalue weighted by atomic mass is 9.99. The molecule has 2 rings (SSSR count). The lowest BCUT2D eigenvalue weighted by Gasteiger charge is -2.26. The summed E-state index contributed by atoms with van der Waals surface area (Å²) in [7, 11) is 1.29. The number of dihydropyridines is 1. The van der Waals surface area contributed by atoms with E-state index in [9.17, 15) is 9.18 Å². The predicted molar refractivity (Wildman–Crippen MR) is 74.3 cm³/mol. The number of benzene rings is 1. The number of nitrogens with one attached hydrogen (secondary N) is 1. The van der Waals surface area contributed by atoms with E-state index >= 15 is 0 Å². The van der Waals surface area contributed by atoms with Gasteiger partial charge in [-0.2, -0.15) is 0 Å². The third kappa shape index (κ3) is 2.87. The Balaban J connectivity index is 2.43. The van der Waals surface area contributed by atoms with Crippen molar-refractivity contribution < 1.29 is 13.9 Å². The van der Waals surface area contributed by atoms with E-state index in [0.29, 0.717) is 15.6 Å². The molecule has 1 aromatic rings. The zero-order valence-electron chi connectivity index (χ0n) is 10.5. The van der Waals surface area contributed by atoms with E-state index in [1.807, 2.05) is 6.92 Å². The first-order chi connectivity index (χ1) is 8.94. The number of methoxy groups -OCH3 is 1. The Labute approximate surface area is 119 Å². The molecule has 1 aliphatic rings. The summed E-state index contributed by atoms with van der Waals surface area (Å²) in [5, 5.41) is 2.68. The van der Waals surface area contributed by atoms with Crippen molar-refractivity contribution in [2.24, 2.45) is 0 Å². The van der Waals surface area contributed by atoms with E-state index in [2.05, 4.69) is 26.0 Å². The molecule has 0 spiro atoms. The molecule has 1 aliphatic heterocycles. The highest BCUT2D eigenvalue weighted by atomic mass is 79.9. The molecule has 1 heterocycles. The first-order valence-electron chi connectivity index (χ1n) is 5.66. The van der Waals surface area contributed by atoms with Crippen LogP contribution in [0.4, 0.5) is 4.39 Å². The normalized spacial score (nSPS) is 21.6. The fourth-order valence-electron chi connectivity index (χ4n) is 1.78. The molecule has 100 valence electrons. The smallest absolute Gasteiger partial charge is 0.337 e. The number of halogens is 2. The largest absolute Gasteiger partial charge is 0.465 e. The van der Waals surface area contributed by atoms with Gasteiger partial charge in [0.2, 0.25) is 5.79 Å². The fraction of sp³-hybridized carbons (Fsp3) is 0.214. The number of carbonyl (C=O) groups is 1. The Kier molecular flexibility index (Phi) is 3.75. The molecule has 0 fully saturated rings. The van der Waals surface area contributed by atoms with Crippen LogP contribution in [0.2, 0.25) is 0 Å². The second-order valence-corrected chi connectivity index (χ2v) is 5.21. The minimum Gasteiger partial charge on any atom is -0.465 e. The van der Waals surface area contributed by atoms with Crippen molar-refractivity contribution in [3.05, 3.63) is 57.7 Å². The number of allylic oxidation sites excluding steroid dienone is 2. The van der Waals surface area contributed by atoms with Crippen LogP contribution in [0.25, 0.3) is 0 Å². The van der Waals surface area contributed by atoms with Gasteiger partial charge in [-0.05, 0) is 36.8 Å². The second-order valence-electron chi connectivity index (χ2n) is 4.30. The number of carbonyl (C=O) groups excluding carboxylic acids is 1. The van der Waals surface area contributed by atoms with E-state index in [1.165, 1.54) is 19.3 Å².